The van der Waals surface area contributed by atoms with E-state index in [1.165, 1.54) is 12.1 Å². The fraction of sp³-hybridized carbons (Fsp3) is 0.682. The number of aliphatic hydroxyl groups excluding tert-OH is 1. The summed E-state index contributed by atoms with van der Waals surface area (Å²) in [6, 6.07) is 3.63. The van der Waals surface area contributed by atoms with Crippen LogP contribution in [0.5, 0.6) is 0 Å². The van der Waals surface area contributed by atoms with Crippen molar-refractivity contribution in [2.24, 2.45) is 5.92 Å². The second-order valence-corrected chi connectivity index (χ2v) is 8.81. The average Bonchev–Trinajstić information content (AvgIpc) is 2.88. The Bertz CT molecular complexity index is 697. The van der Waals surface area contributed by atoms with Crippen molar-refractivity contribution in [1.82, 2.24) is 9.80 Å². The predicted octanol–water partition coefficient (Wildman–Crippen LogP) is 3.72. The molecular weight excluding hydrogens is 362 g/mol. The minimum atomic E-state index is -0.935. The van der Waals surface area contributed by atoms with Crippen LogP contribution in [0, 0.1) is 17.6 Å². The SMILES string of the molecule is CC(C)C[C@@H](O)C(=O)N1CCC[C@@]2(CCCN2Cc2cc(F)ccc2F)CC1. The van der Waals surface area contributed by atoms with E-state index in [4.69, 9.17) is 0 Å². The highest BCUT2D eigenvalue weighted by molar-refractivity contribution is 5.80. The summed E-state index contributed by atoms with van der Waals surface area (Å²) >= 11 is 0. The standard InChI is InChI=1S/C22H32F2N2O2/c1-16(2)13-20(27)21(28)25-10-3-7-22(9-12-25)8-4-11-26(22)15-17-14-18(23)5-6-19(17)24/h5-6,14,16,20,27H,3-4,7-13,15H2,1-2H3/t20-,22-/m1/s1. The largest absolute Gasteiger partial charge is 0.383 e. The molecule has 156 valence electrons. The predicted molar refractivity (Wildman–Crippen MR) is 105 cm³/mol. The molecule has 0 aromatic heterocycles. The van der Waals surface area contributed by atoms with E-state index in [0.717, 1.165) is 44.7 Å². The van der Waals surface area contributed by atoms with Gasteiger partial charge in [-0.3, -0.25) is 9.69 Å². The fourth-order valence-electron chi connectivity index (χ4n) is 4.83. The molecule has 1 aromatic rings. The highest BCUT2D eigenvalue weighted by Gasteiger charge is 2.42. The number of rotatable bonds is 5. The van der Waals surface area contributed by atoms with E-state index < -0.39 is 11.9 Å². The third-order valence-corrected chi connectivity index (χ3v) is 6.32. The number of hydrogen-bond donors (Lipinski definition) is 1. The molecule has 6 heteroatoms. The number of likely N-dealkylation sites (tertiary alicyclic amines) is 2. The van der Waals surface area contributed by atoms with Crippen LogP contribution in [-0.4, -0.2) is 52.1 Å². The maximum absolute atomic E-state index is 14.1. The van der Waals surface area contributed by atoms with Crippen molar-refractivity contribution in [2.75, 3.05) is 19.6 Å². The Kier molecular flexibility index (Phi) is 6.71. The molecule has 2 heterocycles. The lowest BCUT2D eigenvalue weighted by Crippen LogP contribution is -2.45. The zero-order chi connectivity index (χ0) is 20.3. The van der Waals surface area contributed by atoms with Crippen LogP contribution in [0.1, 0.15) is 57.9 Å². The number of carbonyl (C=O) groups excluding carboxylic acids is 1. The quantitative estimate of drug-likeness (QED) is 0.828. The lowest BCUT2D eigenvalue weighted by atomic mass is 9.87. The third-order valence-electron chi connectivity index (χ3n) is 6.32. The zero-order valence-corrected chi connectivity index (χ0v) is 17.0. The summed E-state index contributed by atoms with van der Waals surface area (Å²) in [6.45, 7) is 6.51. The van der Waals surface area contributed by atoms with Crippen molar-refractivity contribution in [2.45, 2.75) is 70.6 Å². The van der Waals surface area contributed by atoms with Gasteiger partial charge in [-0.2, -0.15) is 0 Å². The monoisotopic (exact) mass is 394 g/mol. The van der Waals surface area contributed by atoms with Crippen molar-refractivity contribution >= 4 is 5.91 Å². The molecule has 28 heavy (non-hydrogen) atoms. The van der Waals surface area contributed by atoms with Crippen molar-refractivity contribution in [1.29, 1.82) is 0 Å². The van der Waals surface area contributed by atoms with E-state index in [-0.39, 0.29) is 23.2 Å². The minimum absolute atomic E-state index is 0.0726. The molecule has 2 aliphatic heterocycles. The van der Waals surface area contributed by atoms with Crippen molar-refractivity contribution < 1.29 is 18.7 Å². The molecule has 2 aliphatic rings. The van der Waals surface area contributed by atoms with Gasteiger partial charge < -0.3 is 10.0 Å². The summed E-state index contributed by atoms with van der Waals surface area (Å²) < 4.78 is 27.7. The second kappa shape index (κ2) is 8.87. The summed E-state index contributed by atoms with van der Waals surface area (Å²) in [4.78, 5) is 16.7. The van der Waals surface area contributed by atoms with Crippen LogP contribution >= 0.6 is 0 Å². The highest BCUT2D eigenvalue weighted by atomic mass is 19.1. The Morgan fingerprint density at radius 2 is 1.86 bits per heavy atom. The minimum Gasteiger partial charge on any atom is -0.383 e. The highest BCUT2D eigenvalue weighted by Crippen LogP contribution is 2.39. The molecule has 0 unspecified atom stereocenters. The van der Waals surface area contributed by atoms with Gasteiger partial charge in [-0.15, -0.1) is 0 Å². The first-order valence-corrected chi connectivity index (χ1v) is 10.5. The van der Waals surface area contributed by atoms with Crippen LogP contribution in [0.2, 0.25) is 0 Å². The van der Waals surface area contributed by atoms with Crippen LogP contribution in [0.3, 0.4) is 0 Å². The number of benzene rings is 1. The number of nitrogens with zero attached hydrogens (tertiary/aromatic N) is 2. The maximum atomic E-state index is 14.1. The molecule has 2 fully saturated rings. The van der Waals surface area contributed by atoms with E-state index in [1.807, 2.05) is 13.8 Å². The van der Waals surface area contributed by atoms with Crippen LogP contribution in [0.4, 0.5) is 8.78 Å². The molecule has 1 spiro atoms. The van der Waals surface area contributed by atoms with E-state index in [1.54, 1.807) is 4.90 Å². The van der Waals surface area contributed by atoms with E-state index >= 15 is 0 Å². The van der Waals surface area contributed by atoms with Gasteiger partial charge >= 0.3 is 0 Å². The van der Waals surface area contributed by atoms with Gasteiger partial charge in [-0.25, -0.2) is 8.78 Å². The Hall–Kier alpha value is -1.53. The summed E-state index contributed by atoms with van der Waals surface area (Å²) in [7, 11) is 0. The lowest BCUT2D eigenvalue weighted by Gasteiger charge is -2.38. The molecule has 2 atom stereocenters. The Morgan fingerprint density at radius 3 is 2.57 bits per heavy atom. The first kappa shape index (κ1) is 21.2. The Labute approximate surface area is 166 Å². The summed E-state index contributed by atoms with van der Waals surface area (Å²) in [5.41, 5.74) is 0.322. The van der Waals surface area contributed by atoms with Gasteiger partial charge in [0.2, 0.25) is 0 Å². The smallest absolute Gasteiger partial charge is 0.251 e. The average molecular weight is 395 g/mol. The Morgan fingerprint density at radius 1 is 1.14 bits per heavy atom. The molecule has 2 saturated heterocycles. The van der Waals surface area contributed by atoms with Crippen LogP contribution < -0.4 is 0 Å². The molecular formula is C22H32F2N2O2. The number of halogens is 2. The van der Waals surface area contributed by atoms with Crippen LogP contribution in [0.15, 0.2) is 18.2 Å². The van der Waals surface area contributed by atoms with E-state index in [9.17, 15) is 18.7 Å². The number of hydrogen-bond acceptors (Lipinski definition) is 3. The first-order chi connectivity index (χ1) is 13.3. The third kappa shape index (κ3) is 4.71. The van der Waals surface area contributed by atoms with Gasteiger partial charge in [-0.1, -0.05) is 13.8 Å². The van der Waals surface area contributed by atoms with E-state index in [2.05, 4.69) is 4.90 Å². The zero-order valence-electron chi connectivity index (χ0n) is 17.0. The van der Waals surface area contributed by atoms with Gasteiger partial charge in [0.15, 0.2) is 0 Å². The van der Waals surface area contributed by atoms with Crippen molar-refractivity contribution in [3.05, 3.63) is 35.4 Å². The van der Waals surface area contributed by atoms with Gasteiger partial charge in [-0.05, 0) is 69.2 Å². The molecule has 1 N–H and O–H groups in total. The van der Waals surface area contributed by atoms with Crippen molar-refractivity contribution in [3.8, 4) is 0 Å². The molecule has 0 saturated carbocycles. The number of amides is 1. The van der Waals surface area contributed by atoms with Gasteiger partial charge in [0, 0.05) is 30.7 Å². The lowest BCUT2D eigenvalue weighted by molar-refractivity contribution is -0.141. The van der Waals surface area contributed by atoms with Gasteiger partial charge in [0.05, 0.1) is 0 Å². The molecule has 1 aromatic carbocycles. The second-order valence-electron chi connectivity index (χ2n) is 8.81. The first-order valence-electron chi connectivity index (χ1n) is 10.5. The topological polar surface area (TPSA) is 43.8 Å². The number of carbonyl (C=O) groups is 1. The molecule has 3 rings (SSSR count). The molecule has 1 amide bonds. The number of aliphatic hydroxyl groups is 1. The fourth-order valence-corrected chi connectivity index (χ4v) is 4.83. The Balaban J connectivity index is 1.68. The van der Waals surface area contributed by atoms with Crippen molar-refractivity contribution in [3.63, 3.8) is 0 Å². The molecule has 0 bridgehead atoms. The summed E-state index contributed by atoms with van der Waals surface area (Å²) in [5.74, 6) is -0.692. The van der Waals surface area contributed by atoms with Gasteiger partial charge in [0.1, 0.15) is 17.7 Å². The molecule has 0 aliphatic carbocycles. The molecule has 0 radical (unpaired) electrons. The van der Waals surface area contributed by atoms with E-state index in [0.29, 0.717) is 31.6 Å². The maximum Gasteiger partial charge on any atom is 0.251 e. The van der Waals surface area contributed by atoms with Crippen LogP contribution in [0.25, 0.3) is 0 Å². The summed E-state index contributed by atoms with van der Waals surface area (Å²) in [5, 5.41) is 10.2. The molecule has 4 nitrogen and oxygen atoms in total. The normalized spacial score (nSPS) is 24.7. The van der Waals surface area contributed by atoms with Gasteiger partial charge in [0.25, 0.3) is 5.91 Å². The summed E-state index contributed by atoms with van der Waals surface area (Å²) in [6.07, 6.45) is 4.20. The van der Waals surface area contributed by atoms with Crippen LogP contribution in [-0.2, 0) is 11.3 Å².